The van der Waals surface area contributed by atoms with Crippen LogP contribution in [0, 0.1) is 5.41 Å². The number of hydrogen-bond acceptors (Lipinski definition) is 3. The monoisotopic (exact) mass is 229 g/mol. The largest absolute Gasteiger partial charge is 0.394 e. The molecule has 3 nitrogen and oxygen atoms in total. The molecule has 3 N–H and O–H groups in total. The van der Waals surface area contributed by atoms with Crippen molar-refractivity contribution >= 4 is 0 Å². The first-order chi connectivity index (χ1) is 7.49. The van der Waals surface area contributed by atoms with Crippen molar-refractivity contribution in [2.24, 2.45) is 5.41 Å². The van der Waals surface area contributed by atoms with Gasteiger partial charge in [0.15, 0.2) is 0 Å². The summed E-state index contributed by atoms with van der Waals surface area (Å²) in [6.07, 6.45) is 5.67. The number of hydrogen-bond donors (Lipinski definition) is 3. The maximum Gasteiger partial charge on any atom is 0.0647 e. The first-order valence-electron chi connectivity index (χ1n) is 6.49. The summed E-state index contributed by atoms with van der Waals surface area (Å²) in [5.74, 6) is 0. The molecule has 0 radical (unpaired) electrons. The van der Waals surface area contributed by atoms with Gasteiger partial charge >= 0.3 is 0 Å². The predicted octanol–water partition coefficient (Wildman–Crippen LogP) is 1.68. The zero-order chi connectivity index (χ0) is 12.2. The Balaban J connectivity index is 2.69. The third-order valence-corrected chi connectivity index (χ3v) is 4.27. The molecule has 0 amide bonds. The second kappa shape index (κ2) is 5.48. The quantitative estimate of drug-likeness (QED) is 0.672. The van der Waals surface area contributed by atoms with Gasteiger partial charge in [-0.25, -0.2) is 0 Å². The van der Waals surface area contributed by atoms with E-state index in [1.165, 1.54) is 19.3 Å². The Labute approximate surface area is 99.3 Å². The maximum absolute atomic E-state index is 9.45. The Bertz CT molecular complexity index is 204. The lowest BCUT2D eigenvalue weighted by atomic mass is 9.72. The summed E-state index contributed by atoms with van der Waals surface area (Å²) < 4.78 is 0. The topological polar surface area (TPSA) is 52.5 Å². The molecule has 0 heterocycles. The van der Waals surface area contributed by atoms with Crippen molar-refractivity contribution in [3.05, 3.63) is 0 Å². The molecule has 1 saturated carbocycles. The van der Waals surface area contributed by atoms with Gasteiger partial charge in [-0.3, -0.25) is 0 Å². The Morgan fingerprint density at radius 2 is 1.88 bits per heavy atom. The van der Waals surface area contributed by atoms with E-state index in [0.29, 0.717) is 6.04 Å². The molecule has 1 aliphatic carbocycles. The molecule has 1 atom stereocenters. The molecule has 0 spiro atoms. The summed E-state index contributed by atoms with van der Waals surface area (Å²) in [4.78, 5) is 0. The highest BCUT2D eigenvalue weighted by molar-refractivity contribution is 4.95. The van der Waals surface area contributed by atoms with E-state index in [1.807, 2.05) is 6.92 Å². The Kier molecular flexibility index (Phi) is 4.77. The summed E-state index contributed by atoms with van der Waals surface area (Å²) in [6.45, 7) is 6.58. The summed E-state index contributed by atoms with van der Waals surface area (Å²) in [7, 11) is 0. The minimum Gasteiger partial charge on any atom is -0.394 e. The van der Waals surface area contributed by atoms with Crippen LogP contribution in [0.15, 0.2) is 0 Å². The van der Waals surface area contributed by atoms with E-state index >= 15 is 0 Å². The van der Waals surface area contributed by atoms with Crippen molar-refractivity contribution in [1.29, 1.82) is 0 Å². The Morgan fingerprint density at radius 3 is 2.31 bits per heavy atom. The van der Waals surface area contributed by atoms with Crippen molar-refractivity contribution in [2.45, 2.75) is 64.5 Å². The third kappa shape index (κ3) is 2.96. The molecule has 1 rings (SSSR count). The van der Waals surface area contributed by atoms with E-state index in [1.54, 1.807) is 0 Å². The molecule has 3 heteroatoms. The predicted molar refractivity (Wildman–Crippen MR) is 66.4 cm³/mol. The molecule has 0 aromatic heterocycles. The fourth-order valence-electron chi connectivity index (χ4n) is 2.60. The van der Waals surface area contributed by atoms with E-state index in [0.717, 1.165) is 12.8 Å². The molecular formula is C13H27NO2. The van der Waals surface area contributed by atoms with Gasteiger partial charge in [0, 0.05) is 6.04 Å². The van der Waals surface area contributed by atoms with E-state index in [-0.39, 0.29) is 18.6 Å². The lowest BCUT2D eigenvalue weighted by Crippen LogP contribution is -2.59. The molecule has 1 fully saturated rings. The molecule has 0 saturated heterocycles. The van der Waals surface area contributed by atoms with Crippen molar-refractivity contribution in [2.75, 3.05) is 13.2 Å². The SMILES string of the molecule is CCC(CO)(CO)NC1CCCCC1(C)C. The molecule has 0 aliphatic heterocycles. The van der Waals surface area contributed by atoms with Gasteiger partial charge in [0.05, 0.1) is 18.8 Å². The van der Waals surface area contributed by atoms with E-state index < -0.39 is 5.54 Å². The highest BCUT2D eigenvalue weighted by Crippen LogP contribution is 2.36. The van der Waals surface area contributed by atoms with Crippen molar-refractivity contribution < 1.29 is 10.2 Å². The molecule has 1 unspecified atom stereocenters. The zero-order valence-electron chi connectivity index (χ0n) is 10.9. The fourth-order valence-corrected chi connectivity index (χ4v) is 2.60. The molecule has 16 heavy (non-hydrogen) atoms. The van der Waals surface area contributed by atoms with Crippen LogP contribution in [0.5, 0.6) is 0 Å². The summed E-state index contributed by atoms with van der Waals surface area (Å²) in [5.41, 5.74) is -0.234. The van der Waals surface area contributed by atoms with Gasteiger partial charge in [-0.2, -0.15) is 0 Å². The minimum atomic E-state index is -0.501. The van der Waals surface area contributed by atoms with Crippen LogP contribution in [-0.4, -0.2) is 35.0 Å². The molecule has 0 bridgehead atoms. The van der Waals surface area contributed by atoms with Gasteiger partial charge in [-0.05, 0) is 24.7 Å². The van der Waals surface area contributed by atoms with Crippen molar-refractivity contribution in [1.82, 2.24) is 5.32 Å². The first kappa shape index (κ1) is 13.9. The van der Waals surface area contributed by atoms with Crippen LogP contribution in [0.25, 0.3) is 0 Å². The number of rotatable bonds is 5. The fraction of sp³-hybridized carbons (Fsp3) is 1.00. The zero-order valence-corrected chi connectivity index (χ0v) is 10.9. The third-order valence-electron chi connectivity index (χ3n) is 4.27. The second-order valence-corrected chi connectivity index (χ2v) is 5.88. The summed E-state index contributed by atoms with van der Waals surface area (Å²) in [5, 5.41) is 22.4. The molecular weight excluding hydrogens is 202 g/mol. The average molecular weight is 229 g/mol. The molecule has 0 aromatic carbocycles. The van der Waals surface area contributed by atoms with Crippen LogP contribution in [0.3, 0.4) is 0 Å². The summed E-state index contributed by atoms with van der Waals surface area (Å²) >= 11 is 0. The van der Waals surface area contributed by atoms with E-state index in [9.17, 15) is 10.2 Å². The van der Waals surface area contributed by atoms with Gasteiger partial charge in [0.2, 0.25) is 0 Å². The van der Waals surface area contributed by atoms with Crippen LogP contribution >= 0.6 is 0 Å². The van der Waals surface area contributed by atoms with Gasteiger partial charge in [0.1, 0.15) is 0 Å². The smallest absolute Gasteiger partial charge is 0.0647 e. The molecule has 1 aliphatic rings. The van der Waals surface area contributed by atoms with Crippen molar-refractivity contribution in [3.8, 4) is 0 Å². The minimum absolute atomic E-state index is 0.00653. The van der Waals surface area contributed by atoms with Crippen molar-refractivity contribution in [3.63, 3.8) is 0 Å². The standard InChI is InChI=1S/C13H27NO2/c1-4-13(9-15,10-16)14-11-7-5-6-8-12(11,2)3/h11,14-16H,4-10H2,1-3H3. The summed E-state index contributed by atoms with van der Waals surface area (Å²) in [6, 6.07) is 0.403. The maximum atomic E-state index is 9.45. The highest BCUT2D eigenvalue weighted by Gasteiger charge is 2.37. The van der Waals surface area contributed by atoms with Crippen LogP contribution in [0.1, 0.15) is 52.9 Å². The van der Waals surface area contributed by atoms with Gasteiger partial charge in [0.25, 0.3) is 0 Å². The van der Waals surface area contributed by atoms with Crippen LogP contribution in [0.4, 0.5) is 0 Å². The first-order valence-corrected chi connectivity index (χ1v) is 6.49. The second-order valence-electron chi connectivity index (χ2n) is 5.88. The van der Waals surface area contributed by atoms with Gasteiger partial charge in [-0.1, -0.05) is 33.6 Å². The average Bonchev–Trinajstić information content (AvgIpc) is 2.28. The van der Waals surface area contributed by atoms with Crippen LogP contribution in [-0.2, 0) is 0 Å². The lowest BCUT2D eigenvalue weighted by molar-refractivity contribution is 0.0446. The van der Waals surface area contributed by atoms with Gasteiger partial charge in [-0.15, -0.1) is 0 Å². The Hall–Kier alpha value is -0.120. The number of nitrogens with one attached hydrogen (secondary N) is 1. The Morgan fingerprint density at radius 1 is 1.25 bits per heavy atom. The van der Waals surface area contributed by atoms with Gasteiger partial charge < -0.3 is 15.5 Å². The number of aliphatic hydroxyl groups is 2. The van der Waals surface area contributed by atoms with E-state index in [2.05, 4.69) is 19.2 Å². The molecule has 96 valence electrons. The van der Waals surface area contributed by atoms with Crippen LogP contribution < -0.4 is 5.32 Å². The highest BCUT2D eigenvalue weighted by atomic mass is 16.3. The normalized spacial score (nSPS) is 25.7. The van der Waals surface area contributed by atoms with E-state index in [4.69, 9.17) is 0 Å². The molecule has 0 aromatic rings. The van der Waals surface area contributed by atoms with Crippen LogP contribution in [0.2, 0.25) is 0 Å². The lowest BCUT2D eigenvalue weighted by Gasteiger charge is -2.44. The number of aliphatic hydroxyl groups excluding tert-OH is 2.